The lowest BCUT2D eigenvalue weighted by molar-refractivity contribution is 0.122. The lowest BCUT2D eigenvalue weighted by atomic mass is 9.92. The summed E-state index contributed by atoms with van der Waals surface area (Å²) < 4.78 is 11.5. The van der Waals surface area contributed by atoms with E-state index in [4.69, 9.17) is 19.2 Å². The lowest BCUT2D eigenvalue weighted by Crippen LogP contribution is -2.39. The number of piperidine rings is 1. The Kier molecular flexibility index (Phi) is 6.20. The molecule has 3 aromatic rings. The summed E-state index contributed by atoms with van der Waals surface area (Å²) in [5.74, 6) is 1.79. The smallest absolute Gasteiger partial charge is 0.227 e. The van der Waals surface area contributed by atoms with Crippen LogP contribution in [0.1, 0.15) is 55.7 Å². The van der Waals surface area contributed by atoms with Crippen molar-refractivity contribution >= 4 is 16.9 Å². The molecule has 0 amide bonds. The molecule has 0 spiro atoms. The molecule has 2 aliphatic heterocycles. The van der Waals surface area contributed by atoms with Crippen molar-refractivity contribution in [1.82, 2.24) is 20.0 Å². The first-order valence-electron chi connectivity index (χ1n) is 12.7. The Morgan fingerprint density at radius 2 is 1.76 bits per heavy atom. The molecule has 3 fully saturated rings. The van der Waals surface area contributed by atoms with Crippen LogP contribution >= 0.6 is 0 Å². The van der Waals surface area contributed by atoms with E-state index in [0.29, 0.717) is 30.5 Å². The molecule has 8 heteroatoms. The van der Waals surface area contributed by atoms with Crippen molar-refractivity contribution < 1.29 is 14.4 Å². The maximum atomic E-state index is 9.63. The van der Waals surface area contributed by atoms with Gasteiger partial charge in [-0.25, -0.2) is 9.97 Å². The van der Waals surface area contributed by atoms with Gasteiger partial charge in [0.15, 0.2) is 11.6 Å². The average Bonchev–Trinajstić information content (AvgIpc) is 3.59. The number of hydrogen-bond donors (Lipinski definition) is 1. The number of aliphatic hydroxyl groups is 1. The first-order chi connectivity index (χ1) is 16.8. The van der Waals surface area contributed by atoms with Crippen molar-refractivity contribution in [2.24, 2.45) is 0 Å². The van der Waals surface area contributed by atoms with Crippen LogP contribution in [0.15, 0.2) is 28.8 Å². The second kappa shape index (κ2) is 9.60. The molecule has 2 aromatic heterocycles. The fourth-order valence-corrected chi connectivity index (χ4v) is 5.84. The number of benzene rings is 1. The second-order valence-electron chi connectivity index (χ2n) is 9.82. The van der Waals surface area contributed by atoms with Gasteiger partial charge in [-0.05, 0) is 50.4 Å². The van der Waals surface area contributed by atoms with E-state index in [0.717, 1.165) is 73.2 Å². The van der Waals surface area contributed by atoms with Crippen LogP contribution in [0.2, 0.25) is 0 Å². The fourth-order valence-electron chi connectivity index (χ4n) is 5.84. The first-order valence-corrected chi connectivity index (χ1v) is 12.7. The second-order valence-corrected chi connectivity index (χ2v) is 9.82. The van der Waals surface area contributed by atoms with Crippen LogP contribution in [0.4, 0.5) is 5.82 Å². The Bertz CT molecular complexity index is 1130. The highest BCUT2D eigenvalue weighted by Gasteiger charge is 2.32. The fraction of sp³-hybridized carbons (Fsp3) is 0.577. The number of morpholine rings is 1. The first kappa shape index (κ1) is 21.9. The number of aliphatic hydroxyl groups excluding tert-OH is 1. The third-order valence-electron chi connectivity index (χ3n) is 7.76. The summed E-state index contributed by atoms with van der Waals surface area (Å²) in [6.45, 7) is 5.09. The maximum absolute atomic E-state index is 9.63. The third-order valence-corrected chi connectivity index (χ3v) is 7.76. The van der Waals surface area contributed by atoms with Gasteiger partial charge < -0.3 is 24.2 Å². The van der Waals surface area contributed by atoms with Crippen LogP contribution < -0.4 is 4.90 Å². The molecule has 8 nitrogen and oxygen atoms in total. The molecule has 1 aliphatic carbocycles. The minimum Gasteiger partial charge on any atom is -0.392 e. The van der Waals surface area contributed by atoms with E-state index in [1.54, 1.807) is 0 Å². The van der Waals surface area contributed by atoms with E-state index >= 15 is 0 Å². The van der Waals surface area contributed by atoms with Crippen molar-refractivity contribution in [2.75, 3.05) is 44.3 Å². The number of ether oxygens (including phenoxy) is 1. The number of fused-ring (bicyclic) bond motifs is 1. The molecule has 2 saturated heterocycles. The largest absolute Gasteiger partial charge is 0.392 e. The molecule has 0 unspecified atom stereocenters. The minimum atomic E-state index is -0.00944. The van der Waals surface area contributed by atoms with E-state index in [9.17, 15) is 5.11 Å². The summed E-state index contributed by atoms with van der Waals surface area (Å²) in [5, 5.41) is 14.2. The van der Waals surface area contributed by atoms with Gasteiger partial charge in [0, 0.05) is 30.6 Å². The Morgan fingerprint density at radius 3 is 2.53 bits per heavy atom. The number of nitrogens with zero attached hydrogens (tertiary/aromatic N) is 5. The minimum absolute atomic E-state index is 0.00944. The molecular weight excluding hydrogens is 430 g/mol. The van der Waals surface area contributed by atoms with Crippen molar-refractivity contribution in [3.05, 3.63) is 35.5 Å². The molecule has 0 radical (unpaired) electrons. The van der Waals surface area contributed by atoms with Gasteiger partial charge in [-0.2, -0.15) is 0 Å². The zero-order valence-electron chi connectivity index (χ0n) is 19.7. The van der Waals surface area contributed by atoms with Crippen LogP contribution in [0.25, 0.3) is 22.5 Å². The summed E-state index contributed by atoms with van der Waals surface area (Å²) in [4.78, 5) is 14.8. The zero-order chi connectivity index (χ0) is 22.9. The quantitative estimate of drug-likeness (QED) is 0.612. The Hall–Kier alpha value is -2.55. The van der Waals surface area contributed by atoms with Gasteiger partial charge in [0.1, 0.15) is 11.2 Å². The predicted octanol–water partition coefficient (Wildman–Crippen LogP) is 3.74. The molecule has 1 aromatic carbocycles. The third kappa shape index (κ3) is 4.19. The summed E-state index contributed by atoms with van der Waals surface area (Å²) in [6.07, 6.45) is 7.63. The zero-order valence-corrected chi connectivity index (χ0v) is 19.7. The Balaban J connectivity index is 1.36. The monoisotopic (exact) mass is 463 g/mol. The van der Waals surface area contributed by atoms with Crippen molar-refractivity contribution in [2.45, 2.75) is 57.1 Å². The normalized spacial score (nSPS) is 21.0. The highest BCUT2D eigenvalue weighted by atomic mass is 16.5. The molecule has 1 saturated carbocycles. The van der Waals surface area contributed by atoms with Crippen LogP contribution in [-0.4, -0.2) is 70.6 Å². The molecule has 0 atom stereocenters. The summed E-state index contributed by atoms with van der Waals surface area (Å²) in [5.41, 5.74) is 4.22. The van der Waals surface area contributed by atoms with Crippen LogP contribution in [-0.2, 0) is 11.3 Å². The molecule has 4 heterocycles. The molecule has 0 bridgehead atoms. The molecule has 180 valence electrons. The topological polar surface area (TPSA) is 87.8 Å². The lowest BCUT2D eigenvalue weighted by Gasteiger charge is -2.35. The molecule has 1 N–H and O–H groups in total. The summed E-state index contributed by atoms with van der Waals surface area (Å²) in [6, 6.07) is 8.58. The number of rotatable bonds is 5. The van der Waals surface area contributed by atoms with E-state index < -0.39 is 0 Å². The van der Waals surface area contributed by atoms with Crippen LogP contribution in [0, 0.1) is 0 Å². The van der Waals surface area contributed by atoms with E-state index in [1.165, 1.54) is 25.7 Å². The Morgan fingerprint density at radius 1 is 0.971 bits per heavy atom. The number of hydrogen-bond acceptors (Lipinski definition) is 8. The van der Waals surface area contributed by atoms with E-state index in [-0.39, 0.29) is 6.61 Å². The average molecular weight is 464 g/mol. The van der Waals surface area contributed by atoms with Gasteiger partial charge in [-0.15, -0.1) is 0 Å². The number of aromatic nitrogens is 3. The molecule has 34 heavy (non-hydrogen) atoms. The number of likely N-dealkylation sites (tertiary alicyclic amines) is 1. The Labute approximate surface area is 199 Å². The molecule has 6 rings (SSSR count). The van der Waals surface area contributed by atoms with Crippen molar-refractivity contribution in [3.8, 4) is 11.4 Å². The number of anilines is 1. The van der Waals surface area contributed by atoms with Gasteiger partial charge in [0.05, 0.1) is 19.8 Å². The standard InChI is InChI=1S/C26H33N5O3/c32-17-18-4-3-5-20(16-18)25-27-23-22(19-8-10-30(11-9-19)21-6-1-2-7-21)29-34-24(23)26(28-25)31-12-14-33-15-13-31/h3-5,16,19,21,32H,1-2,6-15,17H2. The summed E-state index contributed by atoms with van der Waals surface area (Å²) >= 11 is 0. The van der Waals surface area contributed by atoms with Gasteiger partial charge in [0.2, 0.25) is 5.58 Å². The van der Waals surface area contributed by atoms with Gasteiger partial charge in [-0.1, -0.05) is 36.2 Å². The predicted molar refractivity (Wildman–Crippen MR) is 130 cm³/mol. The van der Waals surface area contributed by atoms with Gasteiger partial charge >= 0.3 is 0 Å². The summed E-state index contributed by atoms with van der Waals surface area (Å²) in [7, 11) is 0. The SMILES string of the molecule is OCc1cccc(-c2nc(N3CCOCC3)c3onc(C4CCN(C5CCCC5)CC4)c3n2)c1. The van der Waals surface area contributed by atoms with Gasteiger partial charge in [0.25, 0.3) is 0 Å². The van der Waals surface area contributed by atoms with E-state index in [2.05, 4.69) is 15.0 Å². The molecular formula is C26H33N5O3. The van der Waals surface area contributed by atoms with Crippen molar-refractivity contribution in [1.29, 1.82) is 0 Å². The van der Waals surface area contributed by atoms with Crippen LogP contribution in [0.3, 0.4) is 0 Å². The van der Waals surface area contributed by atoms with Crippen LogP contribution in [0.5, 0.6) is 0 Å². The van der Waals surface area contributed by atoms with Crippen molar-refractivity contribution in [3.63, 3.8) is 0 Å². The van der Waals surface area contributed by atoms with Gasteiger partial charge in [-0.3, -0.25) is 0 Å². The van der Waals surface area contributed by atoms with E-state index in [1.807, 2.05) is 24.3 Å². The molecule has 3 aliphatic rings. The maximum Gasteiger partial charge on any atom is 0.227 e. The highest BCUT2D eigenvalue weighted by molar-refractivity contribution is 5.88. The highest BCUT2D eigenvalue weighted by Crippen LogP contribution is 2.37.